The number of hydrogen-bond donors (Lipinski definition) is 4. The Bertz CT molecular complexity index is 110. The zero-order chi connectivity index (χ0) is 9.98. The van der Waals surface area contributed by atoms with E-state index in [1.165, 1.54) is 0 Å². The number of hydrogen-bond acceptors (Lipinski definition) is 4. The molecule has 0 rings (SSSR count). The zero-order valence-electron chi connectivity index (χ0n) is 7.58. The smallest absolute Gasteiger partial charge is 0.321 e. The molecule has 0 saturated heterocycles. The van der Waals surface area contributed by atoms with Gasteiger partial charge in [-0.25, -0.2) is 0 Å². The molecule has 1 atom stereocenters. The summed E-state index contributed by atoms with van der Waals surface area (Å²) in [5.74, 6) is -0.815. The summed E-state index contributed by atoms with van der Waals surface area (Å²) < 4.78 is 0. The van der Waals surface area contributed by atoms with Gasteiger partial charge >= 0.3 is 5.97 Å². The van der Waals surface area contributed by atoms with Crippen molar-refractivity contribution in [2.45, 2.75) is 19.9 Å². The fourth-order valence-electron chi connectivity index (χ4n) is 0.328. The first-order chi connectivity index (χ1) is 5.59. The Morgan fingerprint density at radius 2 is 2.00 bits per heavy atom. The predicted octanol–water partition coefficient (Wildman–Crippen LogP) is -0.0561. The fourth-order valence-corrected chi connectivity index (χ4v) is 0.484. The van der Waals surface area contributed by atoms with E-state index >= 15 is 0 Å². The maximum atomic E-state index is 9.76. The summed E-state index contributed by atoms with van der Waals surface area (Å²) in [7, 11) is 0. The van der Waals surface area contributed by atoms with Crippen LogP contribution in [0.15, 0.2) is 0 Å². The Morgan fingerprint density at radius 3 is 2.00 bits per heavy atom. The minimum atomic E-state index is -1.00. The molecule has 5 heteroatoms. The lowest BCUT2D eigenvalue weighted by atomic mass is 10.4. The second kappa shape index (κ2) is 10.7. The van der Waals surface area contributed by atoms with Crippen LogP contribution in [-0.2, 0) is 4.79 Å². The summed E-state index contributed by atoms with van der Waals surface area (Å²) in [6.07, 6.45) is 0. The van der Waals surface area contributed by atoms with Gasteiger partial charge in [-0.2, -0.15) is 12.6 Å². The van der Waals surface area contributed by atoms with Gasteiger partial charge in [0, 0.05) is 5.75 Å². The van der Waals surface area contributed by atoms with Crippen LogP contribution < -0.4 is 11.1 Å². The third kappa shape index (κ3) is 12.4. The molecule has 0 aromatic carbocycles. The molecule has 0 aromatic heterocycles. The molecule has 4 nitrogen and oxygen atoms in total. The average molecular weight is 194 g/mol. The summed E-state index contributed by atoms with van der Waals surface area (Å²) in [4.78, 5) is 9.76. The van der Waals surface area contributed by atoms with Crippen molar-refractivity contribution in [3.05, 3.63) is 0 Å². The van der Waals surface area contributed by atoms with E-state index in [-0.39, 0.29) is 5.75 Å². The van der Waals surface area contributed by atoms with Crippen molar-refractivity contribution in [3.8, 4) is 0 Å². The largest absolute Gasteiger partial charge is 0.480 e. The van der Waals surface area contributed by atoms with E-state index in [0.717, 1.165) is 13.1 Å². The van der Waals surface area contributed by atoms with E-state index in [0.29, 0.717) is 0 Å². The minimum absolute atomic E-state index is 0.190. The molecule has 4 N–H and O–H groups in total. The van der Waals surface area contributed by atoms with Gasteiger partial charge in [0.15, 0.2) is 0 Å². The molecule has 0 amide bonds. The van der Waals surface area contributed by atoms with Crippen LogP contribution >= 0.6 is 12.6 Å². The van der Waals surface area contributed by atoms with Crippen LogP contribution in [0.25, 0.3) is 0 Å². The monoisotopic (exact) mass is 194 g/mol. The van der Waals surface area contributed by atoms with Crippen molar-refractivity contribution in [1.82, 2.24) is 5.32 Å². The minimum Gasteiger partial charge on any atom is -0.480 e. The molecule has 0 saturated carbocycles. The van der Waals surface area contributed by atoms with Crippen LogP contribution in [0.4, 0.5) is 0 Å². The van der Waals surface area contributed by atoms with E-state index in [9.17, 15) is 4.79 Å². The highest BCUT2D eigenvalue weighted by atomic mass is 32.1. The summed E-state index contributed by atoms with van der Waals surface area (Å²) >= 11 is 3.65. The van der Waals surface area contributed by atoms with E-state index in [4.69, 9.17) is 10.8 Å². The second-order valence-electron chi connectivity index (χ2n) is 2.08. The molecule has 0 fully saturated rings. The molecule has 0 aliphatic rings. The van der Waals surface area contributed by atoms with E-state index in [2.05, 4.69) is 31.8 Å². The summed E-state index contributed by atoms with van der Waals surface area (Å²) in [6.45, 7) is 6.39. The molecule has 0 bridgehead atoms. The topological polar surface area (TPSA) is 75.3 Å². The quantitative estimate of drug-likeness (QED) is 0.473. The van der Waals surface area contributed by atoms with Gasteiger partial charge in [-0.05, 0) is 13.1 Å². The Hall–Kier alpha value is -0.260. The van der Waals surface area contributed by atoms with Gasteiger partial charge in [0.25, 0.3) is 0 Å². The van der Waals surface area contributed by atoms with Crippen molar-refractivity contribution in [2.24, 2.45) is 5.73 Å². The first kappa shape index (κ1) is 14.3. The molecular formula is C7H18N2O2S. The van der Waals surface area contributed by atoms with Crippen LogP contribution in [0.3, 0.4) is 0 Å². The van der Waals surface area contributed by atoms with Gasteiger partial charge < -0.3 is 16.2 Å². The summed E-state index contributed by atoms with van der Waals surface area (Å²) in [5.41, 5.74) is 4.94. The number of nitrogens with two attached hydrogens (primary N) is 1. The molecule has 74 valence electrons. The van der Waals surface area contributed by atoms with Crippen molar-refractivity contribution in [3.63, 3.8) is 0 Å². The van der Waals surface area contributed by atoms with Crippen molar-refractivity contribution < 1.29 is 9.90 Å². The Labute approximate surface area is 78.9 Å². The van der Waals surface area contributed by atoms with Gasteiger partial charge in [0.1, 0.15) is 6.04 Å². The standard InChI is InChI=1S/C4H11N.C3H7NO2S/c1-3-5-4-2;4-2(1-7)3(5)6/h5H,3-4H2,1-2H3;2,7H,1,4H2,(H,5,6)/t;2-/m.0/s1. The lowest BCUT2D eigenvalue weighted by Gasteiger charge is -1.96. The number of aliphatic carboxylic acids is 1. The maximum Gasteiger partial charge on any atom is 0.321 e. The van der Waals surface area contributed by atoms with Crippen LogP contribution in [0.2, 0.25) is 0 Å². The van der Waals surface area contributed by atoms with Crippen LogP contribution in [0.1, 0.15) is 13.8 Å². The third-order valence-corrected chi connectivity index (χ3v) is 1.41. The molecular weight excluding hydrogens is 176 g/mol. The van der Waals surface area contributed by atoms with Crippen molar-refractivity contribution in [2.75, 3.05) is 18.8 Å². The Morgan fingerprint density at radius 1 is 1.58 bits per heavy atom. The average Bonchev–Trinajstić information content (AvgIpc) is 2.05. The zero-order valence-corrected chi connectivity index (χ0v) is 8.47. The number of nitrogens with one attached hydrogen (secondary N) is 1. The van der Waals surface area contributed by atoms with Crippen molar-refractivity contribution in [1.29, 1.82) is 0 Å². The van der Waals surface area contributed by atoms with Crippen LogP contribution in [0.5, 0.6) is 0 Å². The Kier molecular flexibility index (Phi) is 12.8. The molecule has 0 aliphatic heterocycles. The van der Waals surface area contributed by atoms with Gasteiger partial charge in [-0.1, -0.05) is 13.8 Å². The van der Waals surface area contributed by atoms with Crippen LogP contribution in [-0.4, -0.2) is 36.0 Å². The van der Waals surface area contributed by atoms with E-state index in [1.54, 1.807) is 0 Å². The summed E-state index contributed by atoms with van der Waals surface area (Å²) in [6, 6.07) is -0.816. The number of thiol groups is 1. The lowest BCUT2D eigenvalue weighted by Crippen LogP contribution is -2.31. The lowest BCUT2D eigenvalue weighted by molar-refractivity contribution is -0.137. The SMILES string of the molecule is CCNCC.N[C@@H](CS)C(=O)O. The molecule has 0 aromatic rings. The maximum absolute atomic E-state index is 9.76. The summed E-state index contributed by atoms with van der Waals surface area (Å²) in [5, 5.41) is 11.1. The third-order valence-electron chi connectivity index (χ3n) is 1.01. The number of carboxylic acid groups (broad SMARTS) is 1. The number of rotatable bonds is 4. The van der Waals surface area contributed by atoms with Gasteiger partial charge in [-0.15, -0.1) is 0 Å². The second-order valence-corrected chi connectivity index (χ2v) is 2.45. The molecule has 0 unspecified atom stereocenters. The highest BCUT2D eigenvalue weighted by Gasteiger charge is 2.06. The molecule has 0 aliphatic carbocycles. The normalized spacial score (nSPS) is 11.3. The van der Waals surface area contributed by atoms with Crippen molar-refractivity contribution >= 4 is 18.6 Å². The molecule has 0 heterocycles. The van der Waals surface area contributed by atoms with Gasteiger partial charge in [0.2, 0.25) is 0 Å². The molecule has 0 spiro atoms. The fraction of sp³-hybridized carbons (Fsp3) is 0.857. The first-order valence-electron chi connectivity index (χ1n) is 3.90. The first-order valence-corrected chi connectivity index (χ1v) is 4.53. The van der Waals surface area contributed by atoms with Crippen LogP contribution in [0, 0.1) is 0 Å². The number of carbonyl (C=O) groups is 1. The predicted molar refractivity (Wildman–Crippen MR) is 53.7 cm³/mol. The van der Waals surface area contributed by atoms with E-state index in [1.807, 2.05) is 0 Å². The highest BCUT2D eigenvalue weighted by molar-refractivity contribution is 7.80. The van der Waals surface area contributed by atoms with E-state index < -0.39 is 12.0 Å². The molecule has 0 radical (unpaired) electrons. The number of carboxylic acids is 1. The highest BCUT2D eigenvalue weighted by Crippen LogP contribution is 1.80. The molecule has 12 heavy (non-hydrogen) atoms. The van der Waals surface area contributed by atoms with Gasteiger partial charge in [0.05, 0.1) is 0 Å². The Balaban J connectivity index is 0. The van der Waals surface area contributed by atoms with Gasteiger partial charge in [-0.3, -0.25) is 4.79 Å².